The molecule has 6 nitrogen and oxygen atoms in total. The number of hydrogen-bond donors (Lipinski definition) is 1. The molecule has 1 atom stereocenters. The van der Waals surface area contributed by atoms with E-state index in [1.165, 1.54) is 16.9 Å². The van der Waals surface area contributed by atoms with Crippen LogP contribution in [0.15, 0.2) is 54.9 Å². The number of rotatable bonds is 6. The predicted octanol–water partition coefficient (Wildman–Crippen LogP) is 4.16. The minimum absolute atomic E-state index is 0.0783. The molecule has 0 aliphatic carbocycles. The minimum atomic E-state index is -4.46. The van der Waals surface area contributed by atoms with E-state index in [-0.39, 0.29) is 17.8 Å². The van der Waals surface area contributed by atoms with Crippen LogP contribution in [0.3, 0.4) is 0 Å². The lowest BCUT2D eigenvalue weighted by atomic mass is 10.1. The maximum Gasteiger partial charge on any atom is 0.417 e. The van der Waals surface area contributed by atoms with E-state index in [1.807, 2.05) is 18.2 Å². The van der Waals surface area contributed by atoms with Crippen LogP contribution < -0.4 is 5.32 Å². The van der Waals surface area contributed by atoms with Crippen molar-refractivity contribution in [1.29, 1.82) is 0 Å². The third-order valence-corrected chi connectivity index (χ3v) is 5.77. The number of nitrogens with one attached hydrogen (secondary N) is 1. The third-order valence-electron chi connectivity index (χ3n) is 5.77. The van der Waals surface area contributed by atoms with E-state index in [4.69, 9.17) is 0 Å². The lowest BCUT2D eigenvalue weighted by Gasteiger charge is -2.28. The van der Waals surface area contributed by atoms with Crippen molar-refractivity contribution >= 4 is 5.91 Å². The van der Waals surface area contributed by atoms with E-state index in [0.717, 1.165) is 43.8 Å². The number of carbonyl (C=O) groups excluding carboxylic acids is 1. The molecule has 1 fully saturated rings. The van der Waals surface area contributed by atoms with Gasteiger partial charge in [0, 0.05) is 12.7 Å². The molecule has 0 radical (unpaired) electrons. The number of amides is 1. The Kier molecular flexibility index (Phi) is 6.27. The van der Waals surface area contributed by atoms with Crippen molar-refractivity contribution < 1.29 is 18.0 Å². The van der Waals surface area contributed by atoms with Gasteiger partial charge < -0.3 is 5.32 Å². The average Bonchev–Trinajstić information content (AvgIpc) is 3.44. The van der Waals surface area contributed by atoms with Crippen LogP contribution in [-0.4, -0.2) is 45.2 Å². The molecule has 168 valence electrons. The van der Waals surface area contributed by atoms with Gasteiger partial charge in [-0.1, -0.05) is 30.3 Å². The van der Waals surface area contributed by atoms with Gasteiger partial charge in [-0.15, -0.1) is 0 Å². The summed E-state index contributed by atoms with van der Waals surface area (Å²) in [6.45, 7) is 4.13. The molecule has 0 bridgehead atoms. The lowest BCUT2D eigenvalue weighted by Crippen LogP contribution is -2.36. The van der Waals surface area contributed by atoms with Crippen LogP contribution in [-0.2, 0) is 6.18 Å². The van der Waals surface area contributed by atoms with E-state index in [0.29, 0.717) is 17.8 Å². The number of halogens is 3. The summed E-state index contributed by atoms with van der Waals surface area (Å²) < 4.78 is 39.7. The van der Waals surface area contributed by atoms with Gasteiger partial charge in [-0.25, -0.2) is 9.67 Å². The number of alkyl halides is 3. The third kappa shape index (κ3) is 4.67. The van der Waals surface area contributed by atoms with E-state index in [9.17, 15) is 18.0 Å². The van der Waals surface area contributed by atoms with Crippen LogP contribution in [0.1, 0.15) is 46.1 Å². The first kappa shape index (κ1) is 22.0. The van der Waals surface area contributed by atoms with E-state index in [2.05, 4.69) is 32.4 Å². The van der Waals surface area contributed by atoms with Crippen LogP contribution in [0.25, 0.3) is 5.82 Å². The van der Waals surface area contributed by atoms with Crippen molar-refractivity contribution in [1.82, 2.24) is 25.0 Å². The quantitative estimate of drug-likeness (QED) is 0.622. The number of pyridine rings is 1. The molecule has 32 heavy (non-hydrogen) atoms. The number of aromatic nitrogens is 3. The molecular weight excluding hydrogens is 419 g/mol. The zero-order valence-electron chi connectivity index (χ0n) is 17.6. The number of hydrogen-bond acceptors (Lipinski definition) is 4. The Bertz CT molecular complexity index is 1060. The van der Waals surface area contributed by atoms with Gasteiger partial charge in [0.25, 0.3) is 5.91 Å². The standard InChI is InChI=1S/C23H24F3N5O/c1-16-19(14-29-31(16)21-10-9-18(13-27-21)23(24,25)26)22(32)28-15-20(30-11-5-6-12-30)17-7-3-2-4-8-17/h2-4,7-10,13-14,20H,5-6,11-12,15H2,1H3,(H,28,32)/t20-/m1/s1. The highest BCUT2D eigenvalue weighted by atomic mass is 19.4. The Morgan fingerprint density at radius 3 is 2.44 bits per heavy atom. The van der Waals surface area contributed by atoms with Gasteiger partial charge >= 0.3 is 6.18 Å². The van der Waals surface area contributed by atoms with E-state index >= 15 is 0 Å². The molecule has 0 unspecified atom stereocenters. The fourth-order valence-electron chi connectivity index (χ4n) is 4.01. The second-order valence-corrected chi connectivity index (χ2v) is 7.84. The summed E-state index contributed by atoms with van der Waals surface area (Å²) in [6, 6.07) is 12.3. The van der Waals surface area contributed by atoms with Crippen molar-refractivity contribution in [2.45, 2.75) is 32.0 Å². The highest BCUT2D eigenvalue weighted by Gasteiger charge is 2.31. The maximum absolute atomic E-state index is 12.9. The molecule has 4 rings (SSSR count). The smallest absolute Gasteiger partial charge is 0.350 e. The molecule has 0 saturated carbocycles. The van der Waals surface area contributed by atoms with Gasteiger partial charge in [-0.05, 0) is 50.6 Å². The number of nitrogens with zero attached hydrogens (tertiary/aromatic N) is 4. The number of benzene rings is 1. The van der Waals surface area contributed by atoms with Crippen LogP contribution in [0, 0.1) is 6.92 Å². The van der Waals surface area contributed by atoms with Crippen molar-refractivity contribution in [2.75, 3.05) is 19.6 Å². The molecule has 1 N–H and O–H groups in total. The summed E-state index contributed by atoms with van der Waals surface area (Å²) >= 11 is 0. The molecule has 3 aromatic rings. The molecule has 1 aliphatic heterocycles. The first-order valence-electron chi connectivity index (χ1n) is 10.5. The van der Waals surface area contributed by atoms with Crippen molar-refractivity contribution in [3.05, 3.63) is 77.2 Å². The Morgan fingerprint density at radius 2 is 1.81 bits per heavy atom. The summed E-state index contributed by atoms with van der Waals surface area (Å²) in [5, 5.41) is 7.17. The second-order valence-electron chi connectivity index (χ2n) is 7.84. The van der Waals surface area contributed by atoms with Crippen LogP contribution in [0.4, 0.5) is 13.2 Å². The van der Waals surface area contributed by atoms with E-state index in [1.54, 1.807) is 6.92 Å². The Morgan fingerprint density at radius 1 is 1.09 bits per heavy atom. The fourth-order valence-corrected chi connectivity index (χ4v) is 4.01. The normalized spacial score (nSPS) is 15.6. The van der Waals surface area contributed by atoms with Gasteiger partial charge in [0.1, 0.15) is 0 Å². The largest absolute Gasteiger partial charge is 0.417 e. The molecule has 1 saturated heterocycles. The molecule has 9 heteroatoms. The summed E-state index contributed by atoms with van der Waals surface area (Å²) in [5.41, 5.74) is 1.18. The van der Waals surface area contributed by atoms with Crippen molar-refractivity contribution in [3.8, 4) is 5.82 Å². The minimum Gasteiger partial charge on any atom is -0.350 e. The maximum atomic E-state index is 12.9. The van der Waals surface area contributed by atoms with Gasteiger partial charge in [-0.3, -0.25) is 9.69 Å². The highest BCUT2D eigenvalue weighted by Crippen LogP contribution is 2.29. The van der Waals surface area contributed by atoms with Crippen LogP contribution in [0.5, 0.6) is 0 Å². The van der Waals surface area contributed by atoms with Gasteiger partial charge in [0.2, 0.25) is 0 Å². The molecule has 1 aromatic carbocycles. The van der Waals surface area contributed by atoms with E-state index < -0.39 is 11.7 Å². The van der Waals surface area contributed by atoms with Gasteiger partial charge in [-0.2, -0.15) is 18.3 Å². The van der Waals surface area contributed by atoms with Crippen LogP contribution >= 0.6 is 0 Å². The second kappa shape index (κ2) is 9.12. The SMILES string of the molecule is Cc1c(C(=O)NC[C@H](c2ccccc2)N2CCCC2)cnn1-c1ccc(C(F)(F)F)cn1. The molecule has 2 aromatic heterocycles. The molecule has 1 amide bonds. The number of likely N-dealkylation sites (tertiary alicyclic amines) is 1. The first-order valence-corrected chi connectivity index (χ1v) is 10.5. The molecular formula is C23H24F3N5O. The molecule has 1 aliphatic rings. The van der Waals surface area contributed by atoms with Gasteiger partial charge in [0.05, 0.1) is 29.1 Å². The summed E-state index contributed by atoms with van der Waals surface area (Å²) in [6.07, 6.45) is 0.00104. The summed E-state index contributed by atoms with van der Waals surface area (Å²) in [7, 11) is 0. The van der Waals surface area contributed by atoms with Gasteiger partial charge in [0.15, 0.2) is 5.82 Å². The first-order chi connectivity index (χ1) is 15.3. The highest BCUT2D eigenvalue weighted by molar-refractivity contribution is 5.95. The van der Waals surface area contributed by atoms with Crippen molar-refractivity contribution in [2.24, 2.45) is 0 Å². The molecule has 3 heterocycles. The Balaban J connectivity index is 1.48. The Hall–Kier alpha value is -3.20. The summed E-state index contributed by atoms with van der Waals surface area (Å²) in [4.78, 5) is 19.1. The summed E-state index contributed by atoms with van der Waals surface area (Å²) in [5.74, 6) is -0.0606. The monoisotopic (exact) mass is 443 g/mol. The average molecular weight is 443 g/mol. The predicted molar refractivity (Wildman–Crippen MR) is 113 cm³/mol. The fraction of sp³-hybridized carbons (Fsp3) is 0.348. The molecule has 0 spiro atoms. The topological polar surface area (TPSA) is 63.1 Å². The number of carbonyl (C=O) groups is 1. The Labute approximate surface area is 184 Å². The zero-order valence-corrected chi connectivity index (χ0v) is 17.6. The van der Waals surface area contributed by atoms with Crippen molar-refractivity contribution in [3.63, 3.8) is 0 Å². The van der Waals surface area contributed by atoms with Crippen LogP contribution in [0.2, 0.25) is 0 Å². The zero-order chi connectivity index (χ0) is 22.7. The lowest BCUT2D eigenvalue weighted by molar-refractivity contribution is -0.137.